The molecule has 0 bridgehead atoms. The van der Waals surface area contributed by atoms with E-state index < -0.39 is 0 Å². The monoisotopic (exact) mass is 361 g/mol. The predicted molar refractivity (Wildman–Crippen MR) is 104 cm³/mol. The molecule has 2 aromatic rings. The average Bonchev–Trinajstić information content (AvgIpc) is 3.02. The summed E-state index contributed by atoms with van der Waals surface area (Å²) in [5.74, 6) is 1.12. The number of amides is 1. The molecule has 2 heterocycles. The van der Waals surface area contributed by atoms with Gasteiger partial charge in [0.05, 0.1) is 24.3 Å². The maximum Gasteiger partial charge on any atom is 0.227 e. The molecule has 1 fully saturated rings. The summed E-state index contributed by atoms with van der Waals surface area (Å²) in [5.41, 5.74) is 3.92. The standard InChI is InChI=1S/C22H23N3O2/c23-16-19-4-1-2-5-20(19)24-9-3-10-25(12-11-24)22(26)15-17-6-7-21-18(14-17)8-13-27-21/h1-2,4-7,14H,3,8-13,15H2. The molecule has 0 atom stereocenters. The smallest absolute Gasteiger partial charge is 0.227 e. The van der Waals surface area contributed by atoms with Gasteiger partial charge in [0.25, 0.3) is 0 Å². The van der Waals surface area contributed by atoms with Crippen LogP contribution in [0.5, 0.6) is 5.75 Å². The molecule has 0 radical (unpaired) electrons. The molecule has 2 aromatic carbocycles. The van der Waals surface area contributed by atoms with Crippen LogP contribution in [0.4, 0.5) is 5.69 Å². The number of rotatable bonds is 3. The Morgan fingerprint density at radius 3 is 2.89 bits per heavy atom. The molecular formula is C22H23N3O2. The van der Waals surface area contributed by atoms with Crippen molar-refractivity contribution >= 4 is 11.6 Å². The Morgan fingerprint density at radius 2 is 2.00 bits per heavy atom. The van der Waals surface area contributed by atoms with Gasteiger partial charge in [0.2, 0.25) is 5.91 Å². The van der Waals surface area contributed by atoms with E-state index in [9.17, 15) is 10.1 Å². The molecule has 4 rings (SSSR count). The highest BCUT2D eigenvalue weighted by molar-refractivity contribution is 5.79. The minimum Gasteiger partial charge on any atom is -0.493 e. The first kappa shape index (κ1) is 17.4. The molecule has 138 valence electrons. The zero-order valence-electron chi connectivity index (χ0n) is 15.4. The summed E-state index contributed by atoms with van der Waals surface area (Å²) in [6.45, 7) is 3.80. The van der Waals surface area contributed by atoms with E-state index in [1.54, 1.807) is 0 Å². The highest BCUT2D eigenvalue weighted by atomic mass is 16.5. The third-order valence-electron chi connectivity index (χ3n) is 5.32. The molecule has 0 spiro atoms. The normalized spacial score (nSPS) is 16.3. The van der Waals surface area contributed by atoms with Crippen molar-refractivity contribution in [1.29, 1.82) is 5.26 Å². The van der Waals surface area contributed by atoms with Crippen molar-refractivity contribution in [3.63, 3.8) is 0 Å². The van der Waals surface area contributed by atoms with Crippen molar-refractivity contribution in [2.75, 3.05) is 37.7 Å². The molecule has 0 aliphatic carbocycles. The van der Waals surface area contributed by atoms with E-state index in [-0.39, 0.29) is 5.91 Å². The second-order valence-corrected chi connectivity index (χ2v) is 7.07. The molecule has 0 aromatic heterocycles. The van der Waals surface area contributed by atoms with Crippen LogP contribution in [-0.2, 0) is 17.6 Å². The van der Waals surface area contributed by atoms with Gasteiger partial charge in [0.15, 0.2) is 0 Å². The quantitative estimate of drug-likeness (QED) is 0.844. The highest BCUT2D eigenvalue weighted by Gasteiger charge is 2.21. The Balaban J connectivity index is 1.40. The zero-order valence-corrected chi connectivity index (χ0v) is 15.4. The maximum absolute atomic E-state index is 12.8. The molecule has 5 heteroatoms. The number of benzene rings is 2. The number of hydrogen-bond donors (Lipinski definition) is 0. The van der Waals surface area contributed by atoms with Gasteiger partial charge in [-0.2, -0.15) is 5.26 Å². The van der Waals surface area contributed by atoms with Crippen LogP contribution >= 0.6 is 0 Å². The number of carbonyl (C=O) groups excluding carboxylic acids is 1. The van der Waals surface area contributed by atoms with Crippen LogP contribution in [0.3, 0.4) is 0 Å². The lowest BCUT2D eigenvalue weighted by Gasteiger charge is -2.24. The molecule has 1 saturated heterocycles. The fraction of sp³-hybridized carbons (Fsp3) is 0.364. The van der Waals surface area contributed by atoms with Crippen molar-refractivity contribution in [2.45, 2.75) is 19.3 Å². The van der Waals surface area contributed by atoms with Crippen LogP contribution in [0.15, 0.2) is 42.5 Å². The van der Waals surface area contributed by atoms with Gasteiger partial charge in [-0.05, 0) is 35.7 Å². The molecule has 27 heavy (non-hydrogen) atoms. The van der Waals surface area contributed by atoms with Crippen LogP contribution in [0.25, 0.3) is 0 Å². The molecule has 0 saturated carbocycles. The molecule has 2 aliphatic heterocycles. The fourth-order valence-corrected chi connectivity index (χ4v) is 3.89. The Bertz CT molecular complexity index is 887. The van der Waals surface area contributed by atoms with Crippen molar-refractivity contribution in [3.05, 3.63) is 59.2 Å². The largest absolute Gasteiger partial charge is 0.493 e. The number of anilines is 1. The summed E-state index contributed by atoms with van der Waals surface area (Å²) in [6, 6.07) is 16.0. The summed E-state index contributed by atoms with van der Waals surface area (Å²) in [7, 11) is 0. The van der Waals surface area contributed by atoms with Crippen LogP contribution in [0.1, 0.15) is 23.1 Å². The van der Waals surface area contributed by atoms with Crippen molar-refractivity contribution < 1.29 is 9.53 Å². The summed E-state index contributed by atoms with van der Waals surface area (Å²) >= 11 is 0. The van der Waals surface area contributed by atoms with E-state index >= 15 is 0 Å². The van der Waals surface area contributed by atoms with E-state index in [0.717, 1.165) is 56.1 Å². The van der Waals surface area contributed by atoms with Gasteiger partial charge in [0, 0.05) is 32.6 Å². The third kappa shape index (κ3) is 3.75. The average molecular weight is 361 g/mol. The molecule has 0 unspecified atom stereocenters. The molecule has 5 nitrogen and oxygen atoms in total. The molecule has 0 N–H and O–H groups in total. The lowest BCUT2D eigenvalue weighted by atomic mass is 10.1. The molecular weight excluding hydrogens is 338 g/mol. The molecule has 1 amide bonds. The lowest BCUT2D eigenvalue weighted by molar-refractivity contribution is -0.130. The van der Waals surface area contributed by atoms with Crippen molar-refractivity contribution in [1.82, 2.24) is 4.90 Å². The van der Waals surface area contributed by atoms with Gasteiger partial charge < -0.3 is 14.5 Å². The van der Waals surface area contributed by atoms with Crippen LogP contribution < -0.4 is 9.64 Å². The first-order chi connectivity index (χ1) is 13.2. The van der Waals surface area contributed by atoms with E-state index in [2.05, 4.69) is 17.0 Å². The summed E-state index contributed by atoms with van der Waals surface area (Å²) in [4.78, 5) is 17.0. The number of carbonyl (C=O) groups is 1. The first-order valence-corrected chi connectivity index (χ1v) is 9.51. The summed E-state index contributed by atoms with van der Waals surface area (Å²) < 4.78 is 5.54. The van der Waals surface area contributed by atoms with E-state index in [4.69, 9.17) is 4.74 Å². The van der Waals surface area contributed by atoms with Gasteiger partial charge in [-0.25, -0.2) is 0 Å². The number of hydrogen-bond acceptors (Lipinski definition) is 4. The summed E-state index contributed by atoms with van der Waals surface area (Å²) in [5, 5.41) is 9.34. The third-order valence-corrected chi connectivity index (χ3v) is 5.32. The van der Waals surface area contributed by atoms with Crippen molar-refractivity contribution in [3.8, 4) is 11.8 Å². The van der Waals surface area contributed by atoms with Crippen molar-refractivity contribution in [2.24, 2.45) is 0 Å². The Hall–Kier alpha value is -3.00. The number of ether oxygens (including phenoxy) is 1. The number of fused-ring (bicyclic) bond motifs is 1. The SMILES string of the molecule is N#Cc1ccccc1N1CCCN(C(=O)Cc2ccc3c(c2)CCO3)CC1. The Morgan fingerprint density at radius 1 is 1.11 bits per heavy atom. The number of nitriles is 1. The summed E-state index contributed by atoms with van der Waals surface area (Å²) in [6.07, 6.45) is 2.26. The topological polar surface area (TPSA) is 56.6 Å². The first-order valence-electron chi connectivity index (χ1n) is 9.51. The van der Waals surface area contributed by atoms with Gasteiger partial charge in [0.1, 0.15) is 11.8 Å². The predicted octanol–water partition coefficient (Wildman–Crippen LogP) is 2.77. The fourth-order valence-electron chi connectivity index (χ4n) is 3.89. The van der Waals surface area contributed by atoms with Gasteiger partial charge in [-0.3, -0.25) is 4.79 Å². The number of nitrogens with zero attached hydrogens (tertiary/aromatic N) is 3. The number of para-hydroxylation sites is 1. The Kier molecular flexibility index (Phi) is 4.97. The Labute approximate surface area is 159 Å². The minimum atomic E-state index is 0.171. The zero-order chi connectivity index (χ0) is 18.6. The minimum absolute atomic E-state index is 0.171. The lowest BCUT2D eigenvalue weighted by Crippen LogP contribution is -2.36. The van der Waals surface area contributed by atoms with Gasteiger partial charge in [-0.1, -0.05) is 24.3 Å². The van der Waals surface area contributed by atoms with Crippen LogP contribution in [-0.4, -0.2) is 43.6 Å². The van der Waals surface area contributed by atoms with E-state index in [1.165, 1.54) is 5.56 Å². The van der Waals surface area contributed by atoms with Crippen LogP contribution in [0.2, 0.25) is 0 Å². The second-order valence-electron chi connectivity index (χ2n) is 7.07. The second kappa shape index (κ2) is 7.71. The maximum atomic E-state index is 12.8. The van der Waals surface area contributed by atoms with E-state index in [1.807, 2.05) is 41.3 Å². The van der Waals surface area contributed by atoms with Crippen LogP contribution in [0, 0.1) is 11.3 Å². The van der Waals surface area contributed by atoms with Gasteiger partial charge >= 0.3 is 0 Å². The molecule has 2 aliphatic rings. The van der Waals surface area contributed by atoms with E-state index in [0.29, 0.717) is 18.5 Å². The highest BCUT2D eigenvalue weighted by Crippen LogP contribution is 2.26. The van der Waals surface area contributed by atoms with Gasteiger partial charge in [-0.15, -0.1) is 0 Å².